The molecule has 116 valence electrons. The lowest BCUT2D eigenvalue weighted by atomic mass is 10.2. The van der Waals surface area contributed by atoms with Crippen LogP contribution in [0.2, 0.25) is 0 Å². The van der Waals surface area contributed by atoms with Crippen molar-refractivity contribution in [3.8, 4) is 12.3 Å². The first-order valence-corrected chi connectivity index (χ1v) is 6.64. The van der Waals surface area contributed by atoms with Crippen LogP contribution in [0.4, 0.5) is 0 Å². The molecular formula is C15H17N3O4. The predicted molar refractivity (Wildman–Crippen MR) is 79.1 cm³/mol. The monoisotopic (exact) mass is 303 g/mol. The zero-order chi connectivity index (χ0) is 16.5. The Morgan fingerprint density at radius 3 is 2.55 bits per heavy atom. The maximum Gasteiger partial charge on any atom is 0.253 e. The van der Waals surface area contributed by atoms with E-state index in [2.05, 4.69) is 23.1 Å². The van der Waals surface area contributed by atoms with Gasteiger partial charge in [0.25, 0.3) is 11.8 Å². The Bertz CT molecular complexity index is 542. The molecule has 0 saturated heterocycles. The van der Waals surface area contributed by atoms with Gasteiger partial charge in [-0.1, -0.05) is 12.0 Å². The Hall–Kier alpha value is -2.88. The Balaban J connectivity index is 2.48. The van der Waals surface area contributed by atoms with Crippen molar-refractivity contribution >= 4 is 23.6 Å². The van der Waals surface area contributed by atoms with Crippen LogP contribution in [-0.4, -0.2) is 47.7 Å². The number of nitrogens with zero attached hydrogens (tertiary/aromatic N) is 1. The SMILES string of the molecule is C#CCNC(=O)[C@@H](CC=C)NC(=O)CCN1C(=O)C=CC1=O. The molecule has 1 aliphatic heterocycles. The molecule has 0 fully saturated rings. The van der Waals surface area contributed by atoms with Crippen LogP contribution in [-0.2, 0) is 19.2 Å². The van der Waals surface area contributed by atoms with Crippen LogP contribution in [0.25, 0.3) is 0 Å². The van der Waals surface area contributed by atoms with E-state index in [1.807, 2.05) is 0 Å². The molecule has 0 aliphatic carbocycles. The van der Waals surface area contributed by atoms with Gasteiger partial charge < -0.3 is 10.6 Å². The first-order valence-electron chi connectivity index (χ1n) is 6.64. The summed E-state index contributed by atoms with van der Waals surface area (Å²) in [6, 6.07) is -0.790. The van der Waals surface area contributed by atoms with Crippen molar-refractivity contribution in [2.45, 2.75) is 18.9 Å². The number of hydrogen-bond donors (Lipinski definition) is 2. The minimum atomic E-state index is -0.790. The van der Waals surface area contributed by atoms with Crippen LogP contribution < -0.4 is 10.6 Å². The van der Waals surface area contributed by atoms with Gasteiger partial charge in [0.05, 0.1) is 6.54 Å². The molecule has 22 heavy (non-hydrogen) atoms. The molecule has 7 heteroatoms. The van der Waals surface area contributed by atoms with E-state index < -0.39 is 29.7 Å². The Morgan fingerprint density at radius 1 is 1.36 bits per heavy atom. The second-order valence-corrected chi connectivity index (χ2v) is 4.48. The molecular weight excluding hydrogens is 286 g/mol. The van der Waals surface area contributed by atoms with E-state index in [1.54, 1.807) is 0 Å². The van der Waals surface area contributed by atoms with Crippen molar-refractivity contribution in [1.82, 2.24) is 15.5 Å². The minimum absolute atomic E-state index is 0.0384. The van der Waals surface area contributed by atoms with Crippen molar-refractivity contribution in [2.75, 3.05) is 13.1 Å². The number of terminal acetylenes is 1. The average molecular weight is 303 g/mol. The lowest BCUT2D eigenvalue weighted by Gasteiger charge is -2.18. The number of amides is 4. The average Bonchev–Trinajstić information content (AvgIpc) is 2.81. The second-order valence-electron chi connectivity index (χ2n) is 4.48. The van der Waals surface area contributed by atoms with Crippen LogP contribution in [0.15, 0.2) is 24.8 Å². The minimum Gasteiger partial charge on any atom is -0.344 e. The fourth-order valence-corrected chi connectivity index (χ4v) is 1.79. The molecule has 0 unspecified atom stereocenters. The Labute approximate surface area is 128 Å². The van der Waals surface area contributed by atoms with Crippen molar-refractivity contribution < 1.29 is 19.2 Å². The molecule has 2 N–H and O–H groups in total. The normalized spacial score (nSPS) is 14.4. The van der Waals surface area contributed by atoms with Gasteiger partial charge in [-0.3, -0.25) is 24.1 Å². The van der Waals surface area contributed by atoms with E-state index >= 15 is 0 Å². The predicted octanol–water partition coefficient (Wildman–Crippen LogP) is -0.888. The number of carbonyl (C=O) groups excluding carboxylic acids is 4. The standard InChI is InChI=1S/C15H17N3O4/c1-3-5-11(15(22)16-9-4-2)17-12(19)8-10-18-13(20)6-7-14(18)21/h2-3,6-7,11H,1,5,8-10H2,(H,16,22)(H,17,19)/t11-/m1/s1. The molecule has 1 aliphatic rings. The molecule has 0 radical (unpaired) electrons. The maximum absolute atomic E-state index is 11.8. The Morgan fingerprint density at radius 2 is 2.00 bits per heavy atom. The molecule has 0 aromatic heterocycles. The summed E-state index contributed by atoms with van der Waals surface area (Å²) in [4.78, 5) is 47.3. The van der Waals surface area contributed by atoms with Gasteiger partial charge in [0, 0.05) is 25.1 Å². The summed E-state index contributed by atoms with van der Waals surface area (Å²) < 4.78 is 0. The van der Waals surface area contributed by atoms with Crippen molar-refractivity contribution in [2.24, 2.45) is 0 Å². The number of hydrogen-bond acceptors (Lipinski definition) is 4. The summed E-state index contributed by atoms with van der Waals surface area (Å²) >= 11 is 0. The van der Waals surface area contributed by atoms with E-state index in [0.717, 1.165) is 17.1 Å². The summed E-state index contributed by atoms with van der Waals surface area (Å²) in [5, 5.41) is 4.99. The zero-order valence-electron chi connectivity index (χ0n) is 12.0. The number of carbonyl (C=O) groups is 4. The van der Waals surface area contributed by atoms with E-state index in [9.17, 15) is 19.2 Å². The number of imide groups is 1. The summed E-state index contributed by atoms with van der Waals surface area (Å²) in [5.41, 5.74) is 0. The smallest absolute Gasteiger partial charge is 0.253 e. The van der Waals surface area contributed by atoms with Gasteiger partial charge in [-0.15, -0.1) is 13.0 Å². The summed E-state index contributed by atoms with van der Waals surface area (Å²) in [7, 11) is 0. The third kappa shape index (κ3) is 4.90. The Kier molecular flexibility index (Phi) is 6.57. The molecule has 4 amide bonds. The van der Waals surface area contributed by atoms with Gasteiger partial charge in [-0.05, 0) is 6.42 Å². The lowest BCUT2D eigenvalue weighted by Crippen LogP contribution is -2.47. The first-order chi connectivity index (χ1) is 10.5. The van der Waals surface area contributed by atoms with Gasteiger partial charge in [0.2, 0.25) is 11.8 Å². The van der Waals surface area contributed by atoms with E-state index in [4.69, 9.17) is 6.42 Å². The highest BCUT2D eigenvalue weighted by atomic mass is 16.2. The van der Waals surface area contributed by atoms with Crippen LogP contribution in [0.1, 0.15) is 12.8 Å². The summed E-state index contributed by atoms with van der Waals surface area (Å²) in [6.07, 6.45) is 8.99. The van der Waals surface area contributed by atoms with E-state index in [1.165, 1.54) is 6.08 Å². The van der Waals surface area contributed by atoms with Crippen molar-refractivity contribution in [3.05, 3.63) is 24.8 Å². The highest BCUT2D eigenvalue weighted by Gasteiger charge is 2.25. The number of nitrogens with one attached hydrogen (secondary N) is 2. The summed E-state index contributed by atoms with van der Waals surface area (Å²) in [6.45, 7) is 3.54. The third-order valence-corrected chi connectivity index (χ3v) is 2.88. The largest absolute Gasteiger partial charge is 0.344 e. The van der Waals surface area contributed by atoms with E-state index in [-0.39, 0.29) is 25.9 Å². The molecule has 7 nitrogen and oxygen atoms in total. The van der Waals surface area contributed by atoms with Crippen LogP contribution in [0.3, 0.4) is 0 Å². The second kappa shape index (κ2) is 8.42. The zero-order valence-corrected chi connectivity index (χ0v) is 12.0. The van der Waals surface area contributed by atoms with E-state index in [0.29, 0.717) is 0 Å². The highest BCUT2D eigenvalue weighted by Crippen LogP contribution is 2.04. The van der Waals surface area contributed by atoms with Crippen molar-refractivity contribution in [3.63, 3.8) is 0 Å². The van der Waals surface area contributed by atoms with Gasteiger partial charge in [0.1, 0.15) is 6.04 Å². The van der Waals surface area contributed by atoms with Gasteiger partial charge in [-0.2, -0.15) is 0 Å². The van der Waals surface area contributed by atoms with Crippen LogP contribution in [0.5, 0.6) is 0 Å². The van der Waals surface area contributed by atoms with Crippen molar-refractivity contribution in [1.29, 1.82) is 0 Å². The molecule has 1 atom stereocenters. The lowest BCUT2D eigenvalue weighted by molar-refractivity contribution is -0.137. The fraction of sp³-hybridized carbons (Fsp3) is 0.333. The fourth-order valence-electron chi connectivity index (χ4n) is 1.79. The number of rotatable bonds is 8. The quantitative estimate of drug-likeness (QED) is 0.345. The molecule has 0 aromatic carbocycles. The molecule has 0 spiro atoms. The van der Waals surface area contributed by atoms with Crippen LogP contribution >= 0.6 is 0 Å². The third-order valence-electron chi connectivity index (χ3n) is 2.88. The highest BCUT2D eigenvalue weighted by molar-refractivity contribution is 6.13. The maximum atomic E-state index is 11.8. The van der Waals surface area contributed by atoms with Crippen LogP contribution in [0, 0.1) is 12.3 Å². The van der Waals surface area contributed by atoms with Gasteiger partial charge in [-0.25, -0.2) is 0 Å². The van der Waals surface area contributed by atoms with Gasteiger partial charge >= 0.3 is 0 Å². The molecule has 0 aromatic rings. The summed E-state index contributed by atoms with van der Waals surface area (Å²) in [5.74, 6) is 0.494. The molecule has 0 saturated carbocycles. The first kappa shape index (κ1) is 17.2. The molecule has 0 bridgehead atoms. The van der Waals surface area contributed by atoms with Gasteiger partial charge in [0.15, 0.2) is 0 Å². The molecule has 1 heterocycles. The molecule has 1 rings (SSSR count). The topological polar surface area (TPSA) is 95.6 Å².